The summed E-state index contributed by atoms with van der Waals surface area (Å²) < 4.78 is 5.72. The number of nitrogens with one attached hydrogen (secondary N) is 1. The van der Waals surface area contributed by atoms with E-state index >= 15 is 0 Å². The molecule has 6 nitrogen and oxygen atoms in total. The first-order valence-electron chi connectivity index (χ1n) is 6.73. The Hall–Kier alpha value is -1.82. The molecule has 19 heavy (non-hydrogen) atoms. The second-order valence-electron chi connectivity index (χ2n) is 5.44. The third kappa shape index (κ3) is 1.67. The Bertz CT molecular complexity index is 627. The summed E-state index contributed by atoms with van der Waals surface area (Å²) in [6, 6.07) is 0.518. The largest absolute Gasteiger partial charge is 0.458 e. The Morgan fingerprint density at radius 2 is 2.16 bits per heavy atom. The van der Waals surface area contributed by atoms with Crippen molar-refractivity contribution in [2.45, 2.75) is 24.8 Å². The van der Waals surface area contributed by atoms with Crippen LogP contribution in [0.15, 0.2) is 10.7 Å². The van der Waals surface area contributed by atoms with Crippen molar-refractivity contribution in [3.63, 3.8) is 0 Å². The first-order chi connectivity index (χ1) is 9.26. The summed E-state index contributed by atoms with van der Waals surface area (Å²) in [5.41, 5.74) is 8.73. The van der Waals surface area contributed by atoms with Gasteiger partial charge >= 0.3 is 0 Å². The second kappa shape index (κ2) is 3.84. The van der Waals surface area contributed by atoms with E-state index in [4.69, 9.17) is 10.2 Å². The van der Waals surface area contributed by atoms with Gasteiger partial charge in [0.05, 0.1) is 6.26 Å². The highest BCUT2D eigenvalue weighted by Crippen LogP contribution is 2.44. The molecule has 1 saturated heterocycles. The molecule has 1 aliphatic carbocycles. The van der Waals surface area contributed by atoms with Crippen LogP contribution in [-0.4, -0.2) is 36.1 Å². The van der Waals surface area contributed by atoms with E-state index in [0.29, 0.717) is 17.9 Å². The molecule has 0 atom stereocenters. The third-order valence-corrected chi connectivity index (χ3v) is 4.05. The molecular formula is C13H17N5O. The molecule has 2 aliphatic rings. The van der Waals surface area contributed by atoms with Gasteiger partial charge in [0, 0.05) is 24.7 Å². The zero-order chi connectivity index (χ0) is 13.0. The molecule has 2 fully saturated rings. The number of fused-ring (bicyclic) bond motifs is 1. The fourth-order valence-corrected chi connectivity index (χ4v) is 2.67. The van der Waals surface area contributed by atoms with E-state index in [0.717, 1.165) is 30.0 Å². The van der Waals surface area contributed by atoms with Crippen LogP contribution in [-0.2, 0) is 0 Å². The predicted octanol–water partition coefficient (Wildman–Crippen LogP) is 1.09. The van der Waals surface area contributed by atoms with Gasteiger partial charge in [0.25, 0.3) is 0 Å². The minimum absolute atomic E-state index is 0.332. The summed E-state index contributed by atoms with van der Waals surface area (Å²) in [6.45, 7) is 1.86. The number of hydrogen-bond donors (Lipinski definition) is 2. The molecule has 0 amide bonds. The van der Waals surface area contributed by atoms with Gasteiger partial charge < -0.3 is 20.4 Å². The Labute approximate surface area is 111 Å². The van der Waals surface area contributed by atoms with Crippen LogP contribution >= 0.6 is 0 Å². The van der Waals surface area contributed by atoms with E-state index in [1.54, 1.807) is 0 Å². The van der Waals surface area contributed by atoms with Crippen molar-refractivity contribution in [1.29, 1.82) is 0 Å². The number of anilines is 2. The molecule has 0 aromatic carbocycles. The minimum atomic E-state index is 0.332. The smallest absolute Gasteiger partial charge is 0.222 e. The molecule has 3 N–H and O–H groups in total. The van der Waals surface area contributed by atoms with Crippen LogP contribution in [0.25, 0.3) is 11.1 Å². The van der Waals surface area contributed by atoms with Crippen LogP contribution < -0.4 is 16.0 Å². The highest BCUT2D eigenvalue weighted by atomic mass is 16.3. The van der Waals surface area contributed by atoms with Crippen molar-refractivity contribution in [3.05, 3.63) is 11.8 Å². The Morgan fingerprint density at radius 1 is 1.37 bits per heavy atom. The van der Waals surface area contributed by atoms with E-state index in [9.17, 15) is 0 Å². The van der Waals surface area contributed by atoms with Crippen LogP contribution in [0, 0.1) is 0 Å². The minimum Gasteiger partial charge on any atom is -0.458 e. The number of hydrogen-bond acceptors (Lipinski definition) is 6. The average molecular weight is 259 g/mol. The second-order valence-corrected chi connectivity index (χ2v) is 5.44. The zero-order valence-electron chi connectivity index (χ0n) is 10.9. The summed E-state index contributed by atoms with van der Waals surface area (Å²) in [6.07, 6.45) is 4.27. The standard InChI is InChI=1S/C13H17N5O/c1-15-8-4-18(5-8)12-11-10(16-13(14)17-12)9(6-19-11)7-2-3-7/h6-8,15H,2-5H2,1H3,(H2,14,16,17). The van der Waals surface area contributed by atoms with Crippen molar-refractivity contribution in [3.8, 4) is 0 Å². The molecule has 2 aromatic heterocycles. The highest BCUT2D eigenvalue weighted by molar-refractivity contribution is 5.88. The molecule has 0 bridgehead atoms. The van der Waals surface area contributed by atoms with Crippen molar-refractivity contribution in [2.24, 2.45) is 0 Å². The summed E-state index contributed by atoms with van der Waals surface area (Å²) in [4.78, 5) is 10.9. The van der Waals surface area contributed by atoms with Gasteiger partial charge in [0.2, 0.25) is 5.95 Å². The number of furan rings is 1. The van der Waals surface area contributed by atoms with Gasteiger partial charge in [0.15, 0.2) is 11.4 Å². The Balaban J connectivity index is 1.77. The van der Waals surface area contributed by atoms with Crippen molar-refractivity contribution in [2.75, 3.05) is 30.8 Å². The van der Waals surface area contributed by atoms with Crippen LogP contribution in [0.2, 0.25) is 0 Å². The molecule has 6 heteroatoms. The summed E-state index contributed by atoms with van der Waals surface area (Å²) >= 11 is 0. The fourth-order valence-electron chi connectivity index (χ4n) is 2.67. The lowest BCUT2D eigenvalue weighted by Gasteiger charge is -2.39. The van der Waals surface area contributed by atoms with Crippen LogP contribution in [0.1, 0.15) is 24.3 Å². The lowest BCUT2D eigenvalue weighted by Crippen LogP contribution is -2.57. The molecule has 0 spiro atoms. The average Bonchev–Trinajstić information content (AvgIpc) is 3.09. The van der Waals surface area contributed by atoms with E-state index in [1.807, 2.05) is 13.3 Å². The lowest BCUT2D eigenvalue weighted by atomic mass is 10.1. The van der Waals surface area contributed by atoms with Gasteiger partial charge in [-0.3, -0.25) is 0 Å². The molecule has 4 rings (SSSR count). The molecule has 100 valence electrons. The summed E-state index contributed by atoms with van der Waals surface area (Å²) in [7, 11) is 1.98. The number of nitrogens with zero attached hydrogens (tertiary/aromatic N) is 3. The Kier molecular flexibility index (Phi) is 2.23. The maximum Gasteiger partial charge on any atom is 0.222 e. The van der Waals surface area contributed by atoms with E-state index in [-0.39, 0.29) is 0 Å². The van der Waals surface area contributed by atoms with Gasteiger partial charge in [-0.2, -0.15) is 4.98 Å². The molecule has 1 saturated carbocycles. The van der Waals surface area contributed by atoms with E-state index < -0.39 is 0 Å². The predicted molar refractivity (Wildman–Crippen MR) is 73.3 cm³/mol. The van der Waals surface area contributed by atoms with Crippen LogP contribution in [0.4, 0.5) is 11.8 Å². The Morgan fingerprint density at radius 3 is 2.84 bits per heavy atom. The van der Waals surface area contributed by atoms with E-state index in [1.165, 1.54) is 18.4 Å². The van der Waals surface area contributed by atoms with Crippen molar-refractivity contribution < 1.29 is 4.42 Å². The van der Waals surface area contributed by atoms with E-state index in [2.05, 4.69) is 20.2 Å². The van der Waals surface area contributed by atoms with Gasteiger partial charge in [-0.25, -0.2) is 4.98 Å². The van der Waals surface area contributed by atoms with Gasteiger partial charge in [-0.1, -0.05) is 0 Å². The number of nitrogen functional groups attached to an aromatic ring is 1. The fraction of sp³-hybridized carbons (Fsp3) is 0.538. The maximum atomic E-state index is 5.85. The van der Waals surface area contributed by atoms with Crippen LogP contribution in [0.5, 0.6) is 0 Å². The quantitative estimate of drug-likeness (QED) is 0.859. The molecule has 0 unspecified atom stereocenters. The van der Waals surface area contributed by atoms with Crippen molar-refractivity contribution in [1.82, 2.24) is 15.3 Å². The molecule has 2 aromatic rings. The number of aromatic nitrogens is 2. The third-order valence-electron chi connectivity index (χ3n) is 4.05. The zero-order valence-corrected chi connectivity index (χ0v) is 10.9. The number of likely N-dealkylation sites (N-methyl/N-ethyl adjacent to an activating group) is 1. The van der Waals surface area contributed by atoms with Gasteiger partial charge in [-0.05, 0) is 25.8 Å². The highest BCUT2D eigenvalue weighted by Gasteiger charge is 2.32. The summed E-state index contributed by atoms with van der Waals surface area (Å²) in [5, 5.41) is 3.25. The van der Waals surface area contributed by atoms with Crippen molar-refractivity contribution >= 4 is 22.9 Å². The molecule has 1 aliphatic heterocycles. The molecule has 3 heterocycles. The number of rotatable bonds is 3. The monoisotopic (exact) mass is 259 g/mol. The lowest BCUT2D eigenvalue weighted by molar-refractivity contribution is 0.446. The van der Waals surface area contributed by atoms with Gasteiger partial charge in [-0.15, -0.1) is 0 Å². The SMILES string of the molecule is CNC1CN(c2nc(N)nc3c(C4CC4)coc23)C1. The van der Waals surface area contributed by atoms with Gasteiger partial charge in [0.1, 0.15) is 5.52 Å². The molecule has 0 radical (unpaired) electrons. The normalized spacial score (nSPS) is 19.9. The number of nitrogens with two attached hydrogens (primary N) is 1. The molecular weight excluding hydrogens is 242 g/mol. The first kappa shape index (κ1) is 11.0. The first-order valence-corrected chi connectivity index (χ1v) is 6.73. The maximum absolute atomic E-state index is 5.85. The summed E-state index contributed by atoms with van der Waals surface area (Å²) in [5.74, 6) is 1.77. The van der Waals surface area contributed by atoms with Crippen LogP contribution in [0.3, 0.4) is 0 Å². The topological polar surface area (TPSA) is 80.2 Å².